The zero-order valence-corrected chi connectivity index (χ0v) is 11.6. The minimum absolute atomic E-state index is 0.163. The molecule has 0 aromatic heterocycles. The van der Waals surface area contributed by atoms with Crippen LogP contribution >= 0.6 is 0 Å². The molecule has 0 spiro atoms. The molecule has 0 fully saturated rings. The zero-order chi connectivity index (χ0) is 14.2. The first-order chi connectivity index (χ1) is 10.3. The highest BCUT2D eigenvalue weighted by molar-refractivity contribution is 5.89. The number of hydrogen-bond acceptors (Lipinski definition) is 2. The van der Waals surface area contributed by atoms with Gasteiger partial charge in [0.1, 0.15) is 5.75 Å². The molecule has 0 amide bonds. The van der Waals surface area contributed by atoms with Gasteiger partial charge in [-0.2, -0.15) is 0 Å². The van der Waals surface area contributed by atoms with Gasteiger partial charge in [0.05, 0.1) is 0 Å². The average Bonchev–Trinajstić information content (AvgIpc) is 2.54. The van der Waals surface area contributed by atoms with Crippen LogP contribution in [0.1, 0.15) is 23.5 Å². The fraction of sp³-hybridized carbons (Fsp3) is 0.158. The third-order valence-electron chi connectivity index (χ3n) is 4.18. The molecule has 3 aromatic rings. The number of aliphatic hydroxyl groups excluding tert-OH is 1. The highest BCUT2D eigenvalue weighted by Crippen LogP contribution is 2.43. The second-order valence-electron chi connectivity index (χ2n) is 5.47. The van der Waals surface area contributed by atoms with Crippen LogP contribution in [-0.2, 0) is 0 Å². The van der Waals surface area contributed by atoms with Crippen LogP contribution in [0, 0.1) is 0 Å². The van der Waals surface area contributed by atoms with E-state index in [1.807, 2.05) is 36.4 Å². The average molecular weight is 276 g/mol. The molecule has 2 unspecified atom stereocenters. The van der Waals surface area contributed by atoms with Crippen LogP contribution in [0.3, 0.4) is 0 Å². The van der Waals surface area contributed by atoms with Crippen molar-refractivity contribution in [1.82, 2.24) is 0 Å². The maximum atomic E-state index is 10.0. The van der Waals surface area contributed by atoms with Crippen molar-refractivity contribution in [2.24, 2.45) is 0 Å². The minimum atomic E-state index is -0.746. The summed E-state index contributed by atoms with van der Waals surface area (Å²) in [6.07, 6.45) is -0.158. The Balaban J connectivity index is 1.98. The van der Waals surface area contributed by atoms with Crippen molar-refractivity contribution in [2.45, 2.75) is 18.6 Å². The number of fused-ring (bicyclic) bond motifs is 3. The Bertz CT molecular complexity index is 780. The van der Waals surface area contributed by atoms with Gasteiger partial charge in [0.2, 0.25) is 0 Å². The van der Waals surface area contributed by atoms with Gasteiger partial charge in [-0.15, -0.1) is 0 Å². The highest BCUT2D eigenvalue weighted by Gasteiger charge is 2.29. The number of ether oxygens (including phenoxy) is 1. The minimum Gasteiger partial charge on any atom is -0.465 e. The number of rotatable bonds is 1. The van der Waals surface area contributed by atoms with Crippen molar-refractivity contribution in [2.75, 3.05) is 0 Å². The summed E-state index contributed by atoms with van der Waals surface area (Å²) in [5.41, 5.74) is 2.40. The van der Waals surface area contributed by atoms with E-state index in [1.54, 1.807) is 0 Å². The van der Waals surface area contributed by atoms with Crippen LogP contribution in [0.4, 0.5) is 0 Å². The summed E-state index contributed by atoms with van der Waals surface area (Å²) in [4.78, 5) is 0. The van der Waals surface area contributed by atoms with Gasteiger partial charge < -0.3 is 9.84 Å². The van der Waals surface area contributed by atoms with Gasteiger partial charge in [0.15, 0.2) is 6.29 Å². The van der Waals surface area contributed by atoms with Gasteiger partial charge >= 0.3 is 0 Å². The Kier molecular flexibility index (Phi) is 2.90. The first kappa shape index (κ1) is 12.4. The molecule has 1 heterocycles. The molecule has 0 saturated heterocycles. The first-order valence-corrected chi connectivity index (χ1v) is 7.24. The third kappa shape index (κ3) is 2.08. The summed E-state index contributed by atoms with van der Waals surface area (Å²) < 4.78 is 5.65. The summed E-state index contributed by atoms with van der Waals surface area (Å²) in [6.45, 7) is 0. The predicted octanol–water partition coefficient (Wildman–Crippen LogP) is 4.07. The summed E-state index contributed by atoms with van der Waals surface area (Å²) in [7, 11) is 0. The summed E-state index contributed by atoms with van der Waals surface area (Å²) in [5, 5.41) is 12.4. The Hall–Kier alpha value is -2.32. The van der Waals surface area contributed by atoms with Crippen LogP contribution in [0.25, 0.3) is 10.8 Å². The van der Waals surface area contributed by atoms with E-state index in [1.165, 1.54) is 21.9 Å². The van der Waals surface area contributed by atoms with Crippen LogP contribution < -0.4 is 4.74 Å². The monoisotopic (exact) mass is 276 g/mol. The maximum absolute atomic E-state index is 10.0. The summed E-state index contributed by atoms with van der Waals surface area (Å²) >= 11 is 0. The van der Waals surface area contributed by atoms with Crippen molar-refractivity contribution >= 4 is 10.8 Å². The van der Waals surface area contributed by atoms with E-state index in [-0.39, 0.29) is 5.92 Å². The molecule has 2 heteroatoms. The van der Waals surface area contributed by atoms with Gasteiger partial charge in [-0.05, 0) is 22.4 Å². The molecule has 0 bridgehead atoms. The molecule has 3 aromatic carbocycles. The van der Waals surface area contributed by atoms with Gasteiger partial charge in [0, 0.05) is 17.9 Å². The number of aliphatic hydroxyl groups is 1. The maximum Gasteiger partial charge on any atom is 0.198 e. The number of benzene rings is 3. The van der Waals surface area contributed by atoms with Gasteiger partial charge in [-0.25, -0.2) is 0 Å². The number of hydrogen-bond donors (Lipinski definition) is 1. The van der Waals surface area contributed by atoms with Crippen molar-refractivity contribution in [3.63, 3.8) is 0 Å². The van der Waals surface area contributed by atoms with Crippen molar-refractivity contribution < 1.29 is 9.84 Å². The van der Waals surface area contributed by atoms with Gasteiger partial charge in [-0.3, -0.25) is 0 Å². The molecule has 21 heavy (non-hydrogen) atoms. The van der Waals surface area contributed by atoms with Crippen LogP contribution in [0.2, 0.25) is 0 Å². The summed E-state index contributed by atoms with van der Waals surface area (Å²) in [6, 6.07) is 22.7. The van der Waals surface area contributed by atoms with E-state index in [0.717, 1.165) is 5.75 Å². The molecule has 1 aliphatic heterocycles. The molecule has 2 atom stereocenters. The lowest BCUT2D eigenvalue weighted by Crippen LogP contribution is -2.25. The van der Waals surface area contributed by atoms with Crippen molar-refractivity contribution in [3.8, 4) is 5.75 Å². The molecule has 4 rings (SSSR count). The zero-order valence-electron chi connectivity index (χ0n) is 11.6. The van der Waals surface area contributed by atoms with Gasteiger partial charge in [-0.1, -0.05) is 60.7 Å². The smallest absolute Gasteiger partial charge is 0.198 e. The quantitative estimate of drug-likeness (QED) is 0.726. The molecule has 2 nitrogen and oxygen atoms in total. The molecular formula is C19H16O2. The molecule has 1 N–H and O–H groups in total. The Morgan fingerprint density at radius 2 is 1.62 bits per heavy atom. The highest BCUT2D eigenvalue weighted by atomic mass is 16.6. The second-order valence-corrected chi connectivity index (χ2v) is 5.47. The Morgan fingerprint density at radius 3 is 2.48 bits per heavy atom. The third-order valence-corrected chi connectivity index (χ3v) is 4.18. The Labute approximate surface area is 123 Å². The lowest BCUT2D eigenvalue weighted by molar-refractivity contribution is -0.0355. The fourth-order valence-corrected chi connectivity index (χ4v) is 3.24. The van der Waals surface area contributed by atoms with E-state index < -0.39 is 6.29 Å². The standard InChI is InChI=1S/C19H16O2/c20-18-12-16(13-6-2-1-3-7-13)19-15-9-5-4-8-14(15)10-11-17(19)21-18/h1-11,16,18,20H,12H2. The van der Waals surface area contributed by atoms with Crippen LogP contribution in [-0.4, -0.2) is 11.4 Å². The van der Waals surface area contributed by atoms with Crippen LogP contribution in [0.15, 0.2) is 66.7 Å². The van der Waals surface area contributed by atoms with E-state index in [0.29, 0.717) is 6.42 Å². The van der Waals surface area contributed by atoms with E-state index in [4.69, 9.17) is 4.74 Å². The predicted molar refractivity (Wildman–Crippen MR) is 83.5 cm³/mol. The largest absolute Gasteiger partial charge is 0.465 e. The Morgan fingerprint density at radius 1 is 0.857 bits per heavy atom. The van der Waals surface area contributed by atoms with E-state index in [9.17, 15) is 5.11 Å². The van der Waals surface area contributed by atoms with E-state index in [2.05, 4.69) is 30.3 Å². The molecule has 0 saturated carbocycles. The fourth-order valence-electron chi connectivity index (χ4n) is 3.24. The van der Waals surface area contributed by atoms with Crippen molar-refractivity contribution in [3.05, 3.63) is 77.9 Å². The topological polar surface area (TPSA) is 29.5 Å². The molecule has 0 aliphatic carbocycles. The molecule has 104 valence electrons. The first-order valence-electron chi connectivity index (χ1n) is 7.24. The van der Waals surface area contributed by atoms with E-state index >= 15 is 0 Å². The second kappa shape index (κ2) is 4.90. The molecule has 0 radical (unpaired) electrons. The normalized spacial score (nSPS) is 20.8. The molecular weight excluding hydrogens is 260 g/mol. The van der Waals surface area contributed by atoms with Crippen LogP contribution in [0.5, 0.6) is 5.75 Å². The van der Waals surface area contributed by atoms with Gasteiger partial charge in [0.25, 0.3) is 0 Å². The SMILES string of the molecule is OC1CC(c2ccccc2)c2c(ccc3ccccc23)O1. The molecule has 1 aliphatic rings. The summed E-state index contributed by atoms with van der Waals surface area (Å²) in [5.74, 6) is 0.956. The lowest BCUT2D eigenvalue weighted by atomic mass is 9.83. The van der Waals surface area contributed by atoms with Crippen molar-refractivity contribution in [1.29, 1.82) is 0 Å². The lowest BCUT2D eigenvalue weighted by Gasteiger charge is -2.31.